The zero-order chi connectivity index (χ0) is 14.2. The van der Waals surface area contributed by atoms with Crippen LogP contribution in [0.4, 0.5) is 0 Å². The van der Waals surface area contributed by atoms with E-state index in [0.717, 1.165) is 18.4 Å². The first kappa shape index (κ1) is 13.6. The van der Waals surface area contributed by atoms with Crippen molar-refractivity contribution in [1.29, 1.82) is 0 Å². The molecule has 1 saturated heterocycles. The predicted octanol–water partition coefficient (Wildman–Crippen LogP) is 4.08. The molecule has 2 atom stereocenters. The van der Waals surface area contributed by atoms with Gasteiger partial charge in [0.25, 0.3) is 0 Å². The van der Waals surface area contributed by atoms with Crippen molar-refractivity contribution in [2.24, 2.45) is 5.92 Å². The highest BCUT2D eigenvalue weighted by Crippen LogP contribution is 2.44. The highest BCUT2D eigenvalue weighted by molar-refractivity contribution is 5.44. The molecule has 1 N–H and O–H groups in total. The maximum absolute atomic E-state index is 10.1. The molecule has 0 unspecified atom stereocenters. The van der Waals surface area contributed by atoms with Gasteiger partial charge in [0.2, 0.25) is 0 Å². The van der Waals surface area contributed by atoms with Gasteiger partial charge >= 0.3 is 0 Å². The minimum atomic E-state index is 0.525. The van der Waals surface area contributed by atoms with Crippen molar-refractivity contribution in [3.63, 3.8) is 0 Å². The van der Waals surface area contributed by atoms with Gasteiger partial charge in [0.15, 0.2) is 0 Å². The Balaban J connectivity index is 1.50. The average Bonchev–Trinajstić information content (AvgIpc) is 2.92. The number of phenolic OH excluding ortho intramolecular Hbond substituents is 1. The number of likely N-dealkylation sites (tertiary alicyclic amines) is 1. The van der Waals surface area contributed by atoms with Gasteiger partial charge in [-0.25, -0.2) is 0 Å². The molecule has 114 valence electrons. The Kier molecular flexibility index (Phi) is 3.66. The van der Waals surface area contributed by atoms with E-state index < -0.39 is 0 Å². The fourth-order valence-corrected chi connectivity index (χ4v) is 5.10. The molecule has 0 amide bonds. The van der Waals surface area contributed by atoms with Crippen molar-refractivity contribution < 1.29 is 5.11 Å². The van der Waals surface area contributed by atoms with Crippen LogP contribution in [0.2, 0.25) is 0 Å². The van der Waals surface area contributed by atoms with Gasteiger partial charge in [0, 0.05) is 18.5 Å². The molecule has 21 heavy (non-hydrogen) atoms. The van der Waals surface area contributed by atoms with Crippen molar-refractivity contribution in [2.45, 2.75) is 63.3 Å². The standard InChI is InChI=1S/C19H27NO/c21-19-8-4-7-15-16-11-12-20(18(16)10-9-17(15)19)13-14-5-2-1-3-6-14/h4,7-8,14,16,18,21H,1-3,5-6,9-13H2/t16-,18+/m0/s1. The topological polar surface area (TPSA) is 23.5 Å². The Hall–Kier alpha value is -1.02. The zero-order valence-electron chi connectivity index (χ0n) is 12.9. The summed E-state index contributed by atoms with van der Waals surface area (Å²) in [4.78, 5) is 2.79. The number of phenols is 1. The monoisotopic (exact) mass is 285 g/mol. The SMILES string of the molecule is Oc1cccc2c1CC[C@@H]1[C@H]2CCN1CC1CCCCC1. The van der Waals surface area contributed by atoms with E-state index in [1.165, 1.54) is 69.2 Å². The molecule has 4 rings (SSSR count). The third kappa shape index (κ3) is 2.48. The highest BCUT2D eigenvalue weighted by atomic mass is 16.3. The number of aromatic hydroxyl groups is 1. The number of rotatable bonds is 2. The average molecular weight is 285 g/mol. The van der Waals surface area contributed by atoms with E-state index in [0.29, 0.717) is 11.7 Å². The van der Waals surface area contributed by atoms with Crippen LogP contribution in [0.15, 0.2) is 18.2 Å². The van der Waals surface area contributed by atoms with Gasteiger partial charge in [-0.3, -0.25) is 4.90 Å². The van der Waals surface area contributed by atoms with E-state index in [1.54, 1.807) is 0 Å². The summed E-state index contributed by atoms with van der Waals surface area (Å²) in [6.07, 6.45) is 10.8. The molecule has 2 heteroatoms. The molecular formula is C19H27NO. The van der Waals surface area contributed by atoms with Crippen molar-refractivity contribution in [1.82, 2.24) is 4.90 Å². The van der Waals surface area contributed by atoms with Crippen molar-refractivity contribution in [3.8, 4) is 5.75 Å². The molecule has 2 aliphatic carbocycles. The Bertz CT molecular complexity index is 506. The van der Waals surface area contributed by atoms with Gasteiger partial charge in [0.1, 0.15) is 5.75 Å². The van der Waals surface area contributed by atoms with E-state index in [1.807, 2.05) is 12.1 Å². The predicted molar refractivity (Wildman–Crippen MR) is 85.7 cm³/mol. The molecule has 3 aliphatic rings. The Morgan fingerprint density at radius 1 is 1.05 bits per heavy atom. The number of hydrogen-bond acceptors (Lipinski definition) is 2. The minimum Gasteiger partial charge on any atom is -0.508 e. The molecule has 1 aromatic carbocycles. The fourth-order valence-electron chi connectivity index (χ4n) is 5.10. The molecule has 2 fully saturated rings. The van der Waals surface area contributed by atoms with Crippen LogP contribution in [0.3, 0.4) is 0 Å². The summed E-state index contributed by atoms with van der Waals surface area (Å²) in [6, 6.07) is 6.88. The lowest BCUT2D eigenvalue weighted by atomic mass is 9.79. The third-order valence-corrected chi connectivity index (χ3v) is 6.16. The molecule has 1 heterocycles. The summed E-state index contributed by atoms with van der Waals surface area (Å²) in [5.41, 5.74) is 2.68. The summed E-state index contributed by atoms with van der Waals surface area (Å²) in [5, 5.41) is 10.1. The third-order valence-electron chi connectivity index (χ3n) is 6.16. The van der Waals surface area contributed by atoms with E-state index in [-0.39, 0.29) is 0 Å². The molecule has 0 bridgehead atoms. The fraction of sp³-hybridized carbons (Fsp3) is 0.684. The van der Waals surface area contributed by atoms with E-state index in [4.69, 9.17) is 0 Å². The molecule has 1 saturated carbocycles. The summed E-state index contributed by atoms with van der Waals surface area (Å²) in [5.74, 6) is 2.14. The van der Waals surface area contributed by atoms with Crippen LogP contribution in [0, 0.1) is 5.92 Å². The lowest BCUT2D eigenvalue weighted by molar-refractivity contribution is 0.172. The van der Waals surface area contributed by atoms with Crippen LogP contribution in [0.1, 0.15) is 62.0 Å². The molecular weight excluding hydrogens is 258 g/mol. The van der Waals surface area contributed by atoms with Crippen LogP contribution in [0.5, 0.6) is 5.75 Å². The number of hydrogen-bond donors (Lipinski definition) is 1. The van der Waals surface area contributed by atoms with Gasteiger partial charge in [0.05, 0.1) is 0 Å². The summed E-state index contributed by atoms with van der Waals surface area (Å²) in [7, 11) is 0. The Morgan fingerprint density at radius 3 is 2.76 bits per heavy atom. The van der Waals surface area contributed by atoms with Gasteiger partial charge in [-0.2, -0.15) is 0 Å². The minimum absolute atomic E-state index is 0.525. The van der Waals surface area contributed by atoms with Crippen LogP contribution < -0.4 is 0 Å². The molecule has 0 spiro atoms. The first-order valence-electron chi connectivity index (χ1n) is 8.88. The first-order chi connectivity index (χ1) is 10.3. The second-order valence-corrected chi connectivity index (χ2v) is 7.35. The molecule has 1 aliphatic heterocycles. The molecule has 0 radical (unpaired) electrons. The lowest BCUT2D eigenvalue weighted by Gasteiger charge is -2.36. The maximum atomic E-state index is 10.1. The van der Waals surface area contributed by atoms with Gasteiger partial charge < -0.3 is 5.11 Å². The van der Waals surface area contributed by atoms with Crippen molar-refractivity contribution in [2.75, 3.05) is 13.1 Å². The normalized spacial score (nSPS) is 30.1. The molecule has 2 nitrogen and oxygen atoms in total. The summed E-state index contributed by atoms with van der Waals surface area (Å²) in [6.45, 7) is 2.59. The van der Waals surface area contributed by atoms with Crippen LogP contribution in [-0.4, -0.2) is 29.1 Å². The van der Waals surface area contributed by atoms with Crippen LogP contribution in [0.25, 0.3) is 0 Å². The summed E-state index contributed by atoms with van der Waals surface area (Å²) < 4.78 is 0. The maximum Gasteiger partial charge on any atom is 0.119 e. The lowest BCUT2D eigenvalue weighted by Crippen LogP contribution is -2.38. The van der Waals surface area contributed by atoms with Crippen molar-refractivity contribution in [3.05, 3.63) is 29.3 Å². The van der Waals surface area contributed by atoms with Crippen LogP contribution >= 0.6 is 0 Å². The first-order valence-corrected chi connectivity index (χ1v) is 8.88. The smallest absolute Gasteiger partial charge is 0.119 e. The quantitative estimate of drug-likeness (QED) is 0.885. The Labute approximate surface area is 128 Å². The van der Waals surface area contributed by atoms with Gasteiger partial charge in [-0.1, -0.05) is 31.4 Å². The largest absolute Gasteiger partial charge is 0.508 e. The number of nitrogens with zero attached hydrogens (tertiary/aromatic N) is 1. The Morgan fingerprint density at radius 2 is 1.90 bits per heavy atom. The zero-order valence-corrected chi connectivity index (χ0v) is 12.9. The number of fused-ring (bicyclic) bond motifs is 3. The van der Waals surface area contributed by atoms with E-state index in [9.17, 15) is 5.11 Å². The molecule has 0 aromatic heterocycles. The van der Waals surface area contributed by atoms with Crippen molar-refractivity contribution >= 4 is 0 Å². The molecule has 1 aromatic rings. The van der Waals surface area contributed by atoms with E-state index >= 15 is 0 Å². The summed E-state index contributed by atoms with van der Waals surface area (Å²) >= 11 is 0. The number of benzene rings is 1. The second-order valence-electron chi connectivity index (χ2n) is 7.35. The van der Waals surface area contributed by atoms with Gasteiger partial charge in [-0.15, -0.1) is 0 Å². The van der Waals surface area contributed by atoms with Crippen LogP contribution in [-0.2, 0) is 6.42 Å². The van der Waals surface area contributed by atoms with Gasteiger partial charge in [-0.05, 0) is 61.8 Å². The second kappa shape index (κ2) is 5.64. The highest BCUT2D eigenvalue weighted by Gasteiger charge is 2.39. The van der Waals surface area contributed by atoms with E-state index in [2.05, 4.69) is 11.0 Å².